The molecule has 0 fully saturated rings. The van der Waals surface area contributed by atoms with Crippen molar-refractivity contribution in [2.45, 2.75) is 59.0 Å². The van der Waals surface area contributed by atoms with Crippen LogP contribution in [0, 0.1) is 13.8 Å². The van der Waals surface area contributed by atoms with Gasteiger partial charge in [-0.3, -0.25) is 4.79 Å². The summed E-state index contributed by atoms with van der Waals surface area (Å²) in [5.74, 6) is 1.17. The van der Waals surface area contributed by atoms with Crippen molar-refractivity contribution < 1.29 is 19.1 Å². The second-order valence-corrected chi connectivity index (χ2v) is 5.96. The molecule has 0 saturated carbocycles. The summed E-state index contributed by atoms with van der Waals surface area (Å²) in [5.41, 5.74) is 2.69. The van der Waals surface area contributed by atoms with Crippen LogP contribution in [-0.4, -0.2) is 17.9 Å². The molecule has 0 N–H and O–H groups in total. The summed E-state index contributed by atoms with van der Waals surface area (Å²) in [6.07, 6.45) is 3.89. The molecule has 0 spiro atoms. The molecular weight excluding hydrogens is 268 g/mol. The van der Waals surface area contributed by atoms with Crippen LogP contribution in [0.25, 0.3) is 0 Å². The van der Waals surface area contributed by atoms with Crippen molar-refractivity contribution in [3.05, 3.63) is 22.8 Å². The molecule has 114 valence electrons. The lowest BCUT2D eigenvalue weighted by Gasteiger charge is -2.37. The van der Waals surface area contributed by atoms with Gasteiger partial charge in [-0.2, -0.15) is 0 Å². The maximum atomic E-state index is 11.2. The van der Waals surface area contributed by atoms with E-state index in [1.54, 1.807) is 0 Å². The second-order valence-electron chi connectivity index (χ2n) is 5.96. The minimum absolute atomic E-state index is 0.298. The number of hydrogen-bond donors (Lipinski definition) is 0. The van der Waals surface area contributed by atoms with Crippen LogP contribution in [0.1, 0.15) is 49.8 Å². The number of carbonyl (C=O) groups excluding carboxylic acids is 2. The van der Waals surface area contributed by atoms with Crippen LogP contribution in [0.5, 0.6) is 11.5 Å². The molecule has 4 nitrogen and oxygen atoms in total. The fourth-order valence-corrected chi connectivity index (χ4v) is 2.75. The molecule has 4 heteroatoms. The molecular formula is C17H22O4. The molecule has 0 radical (unpaired) electrons. The third-order valence-electron chi connectivity index (χ3n) is 4.19. The number of carbonyl (C=O) groups is 2. The van der Waals surface area contributed by atoms with E-state index < -0.39 is 0 Å². The van der Waals surface area contributed by atoms with Gasteiger partial charge in [-0.25, -0.2) is 0 Å². The first-order valence-electron chi connectivity index (χ1n) is 7.30. The van der Waals surface area contributed by atoms with Gasteiger partial charge in [0.2, 0.25) is 0 Å². The van der Waals surface area contributed by atoms with Gasteiger partial charge in [0.25, 0.3) is 0 Å². The number of benzene rings is 1. The maximum Gasteiger partial charge on any atom is 0.308 e. The fourth-order valence-electron chi connectivity index (χ4n) is 2.75. The van der Waals surface area contributed by atoms with E-state index in [4.69, 9.17) is 9.47 Å². The molecule has 1 heterocycles. The molecule has 0 aromatic heterocycles. The summed E-state index contributed by atoms with van der Waals surface area (Å²) in [6, 6.07) is 1.90. The third-order valence-corrected chi connectivity index (χ3v) is 4.19. The van der Waals surface area contributed by atoms with Gasteiger partial charge in [-0.1, -0.05) is 0 Å². The van der Waals surface area contributed by atoms with E-state index in [0.717, 1.165) is 48.0 Å². The number of rotatable bonds is 4. The number of aryl methyl sites for hydroxylation is 1. The predicted octanol–water partition coefficient (Wildman–Crippen LogP) is 3.29. The van der Waals surface area contributed by atoms with Gasteiger partial charge >= 0.3 is 5.97 Å². The summed E-state index contributed by atoms with van der Waals surface area (Å²) in [6.45, 7) is 7.36. The largest absolute Gasteiger partial charge is 0.487 e. The Balaban J connectivity index is 2.34. The molecule has 0 amide bonds. The first-order valence-corrected chi connectivity index (χ1v) is 7.30. The highest BCUT2D eigenvalue weighted by atomic mass is 16.5. The number of fused-ring (bicyclic) bond motifs is 1. The average molecular weight is 290 g/mol. The number of hydrogen-bond acceptors (Lipinski definition) is 4. The van der Waals surface area contributed by atoms with Gasteiger partial charge in [0, 0.05) is 13.3 Å². The second kappa shape index (κ2) is 5.88. The fraction of sp³-hybridized carbons (Fsp3) is 0.529. The Morgan fingerprint density at radius 2 is 2.14 bits per heavy atom. The van der Waals surface area contributed by atoms with Crippen molar-refractivity contribution >= 4 is 12.3 Å². The van der Waals surface area contributed by atoms with Crippen LogP contribution in [-0.2, 0) is 16.0 Å². The monoisotopic (exact) mass is 290 g/mol. The maximum absolute atomic E-state index is 11.2. The molecule has 1 aliphatic heterocycles. The Hall–Kier alpha value is -1.84. The van der Waals surface area contributed by atoms with Crippen molar-refractivity contribution in [2.24, 2.45) is 0 Å². The first-order chi connectivity index (χ1) is 9.86. The van der Waals surface area contributed by atoms with Crippen molar-refractivity contribution in [3.8, 4) is 11.5 Å². The number of aldehydes is 1. The zero-order chi connectivity index (χ0) is 15.6. The van der Waals surface area contributed by atoms with Gasteiger partial charge in [0.05, 0.1) is 0 Å². The highest BCUT2D eigenvalue weighted by Gasteiger charge is 2.33. The first kappa shape index (κ1) is 15.5. The molecule has 1 aromatic carbocycles. The van der Waals surface area contributed by atoms with E-state index in [1.165, 1.54) is 6.92 Å². The normalized spacial score (nSPS) is 20.4. The minimum Gasteiger partial charge on any atom is -0.487 e. The quantitative estimate of drug-likeness (QED) is 0.485. The molecule has 21 heavy (non-hydrogen) atoms. The lowest BCUT2D eigenvalue weighted by molar-refractivity contribution is -0.131. The molecule has 2 rings (SSSR count). The standard InChI is InChI=1S/C17H22O4/c1-11-12(2)16-14(10-15(11)20-13(3)19)6-8-17(4,21-16)7-5-9-18/h9-10H,5-8H2,1-4H3/t17-/m1/s1. The summed E-state index contributed by atoms with van der Waals surface area (Å²) in [4.78, 5) is 21.8. The van der Waals surface area contributed by atoms with Crippen molar-refractivity contribution in [2.75, 3.05) is 0 Å². The van der Waals surface area contributed by atoms with E-state index in [1.807, 2.05) is 26.8 Å². The summed E-state index contributed by atoms with van der Waals surface area (Å²) in [7, 11) is 0. The molecule has 0 bridgehead atoms. The Kier molecular flexibility index (Phi) is 4.35. The zero-order valence-corrected chi connectivity index (χ0v) is 13.1. The number of esters is 1. The van der Waals surface area contributed by atoms with E-state index in [9.17, 15) is 9.59 Å². The Morgan fingerprint density at radius 1 is 1.43 bits per heavy atom. The lowest BCUT2D eigenvalue weighted by atomic mass is 9.87. The third kappa shape index (κ3) is 3.26. The van der Waals surface area contributed by atoms with Crippen molar-refractivity contribution in [1.82, 2.24) is 0 Å². The zero-order valence-electron chi connectivity index (χ0n) is 13.1. The average Bonchev–Trinajstić information content (AvgIpc) is 2.43. The molecule has 1 aromatic rings. The molecule has 0 aliphatic carbocycles. The van der Waals surface area contributed by atoms with Gasteiger partial charge in [-0.05, 0) is 62.8 Å². The van der Waals surface area contributed by atoms with E-state index in [0.29, 0.717) is 12.2 Å². The Morgan fingerprint density at radius 3 is 2.76 bits per heavy atom. The van der Waals surface area contributed by atoms with Gasteiger partial charge in [0.1, 0.15) is 23.4 Å². The van der Waals surface area contributed by atoms with Crippen LogP contribution in [0.3, 0.4) is 0 Å². The van der Waals surface area contributed by atoms with Gasteiger partial charge in [-0.15, -0.1) is 0 Å². The predicted molar refractivity (Wildman–Crippen MR) is 79.9 cm³/mol. The van der Waals surface area contributed by atoms with Crippen LogP contribution in [0.2, 0.25) is 0 Å². The van der Waals surface area contributed by atoms with Crippen LogP contribution in [0.4, 0.5) is 0 Å². The smallest absolute Gasteiger partial charge is 0.308 e. The van der Waals surface area contributed by atoms with Crippen LogP contribution >= 0.6 is 0 Å². The lowest BCUT2D eigenvalue weighted by Crippen LogP contribution is -2.36. The molecule has 0 unspecified atom stereocenters. The van der Waals surface area contributed by atoms with Gasteiger partial charge in [0.15, 0.2) is 0 Å². The molecule has 1 aliphatic rings. The van der Waals surface area contributed by atoms with Crippen molar-refractivity contribution in [3.63, 3.8) is 0 Å². The van der Waals surface area contributed by atoms with Crippen LogP contribution in [0.15, 0.2) is 6.07 Å². The Labute approximate surface area is 125 Å². The van der Waals surface area contributed by atoms with Crippen molar-refractivity contribution in [1.29, 1.82) is 0 Å². The topological polar surface area (TPSA) is 52.6 Å². The number of ether oxygens (including phenoxy) is 2. The van der Waals surface area contributed by atoms with E-state index >= 15 is 0 Å². The molecule has 0 saturated heterocycles. The highest BCUT2D eigenvalue weighted by Crippen LogP contribution is 2.41. The minimum atomic E-state index is -0.315. The Bertz CT molecular complexity index is 577. The van der Waals surface area contributed by atoms with Gasteiger partial charge < -0.3 is 14.3 Å². The van der Waals surface area contributed by atoms with E-state index in [2.05, 4.69) is 0 Å². The highest BCUT2D eigenvalue weighted by molar-refractivity contribution is 5.70. The van der Waals surface area contributed by atoms with E-state index in [-0.39, 0.29) is 11.6 Å². The summed E-state index contributed by atoms with van der Waals surface area (Å²) in [5, 5.41) is 0. The molecule has 1 atom stereocenters. The van der Waals surface area contributed by atoms with Crippen LogP contribution < -0.4 is 9.47 Å². The summed E-state index contributed by atoms with van der Waals surface area (Å²) < 4.78 is 11.5. The summed E-state index contributed by atoms with van der Waals surface area (Å²) >= 11 is 0. The SMILES string of the molecule is CC(=O)Oc1cc2c(c(C)c1C)O[C@](C)(CCC=O)CC2.